The fourth-order valence-electron chi connectivity index (χ4n) is 7.32. The SMILES string of the molecule is C=CCOC(=O)[C@H]1O[C@@H](N=[N+]=[N-])[C@H](OC(C)=O)[C@@H](OC2(C)O[C@H]3O[C@H](COC(C)=O)[C@@H](O[C@@H]4O[C@H](COC(C)=O)[C@H](OC(C)=O)[C@H](OC(C)=O)[C@H]4OC(C)=O)[C@H](OC(C)=O)[C@H]3O2)[C@@H]1OC(C)=O. The third-order valence-electron chi connectivity index (χ3n) is 9.47. The minimum absolute atomic E-state index is 0.353. The zero-order valence-corrected chi connectivity index (χ0v) is 37.6. The van der Waals surface area contributed by atoms with Crippen LogP contribution >= 0.6 is 0 Å². The lowest BCUT2D eigenvalue weighted by molar-refractivity contribution is -0.387. The molecule has 4 aliphatic heterocycles. The Labute approximate surface area is 380 Å². The average molecular weight is 962 g/mol. The highest BCUT2D eigenvalue weighted by molar-refractivity contribution is 5.77. The monoisotopic (exact) mass is 961 g/mol. The van der Waals surface area contributed by atoms with Gasteiger partial charge < -0.3 is 71.1 Å². The van der Waals surface area contributed by atoms with Crippen LogP contribution in [0.3, 0.4) is 0 Å². The normalized spacial score (nSPS) is 34.3. The maximum Gasteiger partial charge on any atom is 0.339 e. The highest BCUT2D eigenvalue weighted by Crippen LogP contribution is 2.43. The predicted octanol–water partition coefficient (Wildman–Crippen LogP) is -0.223. The lowest BCUT2D eigenvalue weighted by atomic mass is 9.96. The molecule has 4 saturated heterocycles. The van der Waals surface area contributed by atoms with E-state index in [0.29, 0.717) is 0 Å². The summed E-state index contributed by atoms with van der Waals surface area (Å²) in [6.07, 6.45) is -25.0. The molecule has 16 atom stereocenters. The van der Waals surface area contributed by atoms with E-state index < -0.39 is 165 Å². The van der Waals surface area contributed by atoms with Gasteiger partial charge in [0.05, 0.1) is 0 Å². The molecule has 28 nitrogen and oxygen atoms in total. The van der Waals surface area contributed by atoms with Gasteiger partial charge in [-0.3, -0.25) is 43.1 Å². The molecule has 0 saturated carbocycles. The average Bonchev–Trinajstić information content (AvgIpc) is 3.55. The predicted molar refractivity (Wildman–Crippen MR) is 207 cm³/mol. The Kier molecular flexibility index (Phi) is 18.9. The Bertz CT molecular complexity index is 1940. The van der Waals surface area contributed by atoms with Gasteiger partial charge in [0.25, 0.3) is 5.97 Å². The maximum atomic E-state index is 13.3. The molecule has 4 fully saturated rings. The summed E-state index contributed by atoms with van der Waals surface area (Å²) >= 11 is 0. The first-order valence-corrected chi connectivity index (χ1v) is 20.2. The van der Waals surface area contributed by atoms with Crippen LogP contribution in [0.5, 0.6) is 0 Å². The van der Waals surface area contributed by atoms with Crippen molar-refractivity contribution in [1.29, 1.82) is 0 Å². The summed E-state index contributed by atoms with van der Waals surface area (Å²) in [5, 5.41) is 3.50. The summed E-state index contributed by atoms with van der Waals surface area (Å²) < 4.78 is 91.5. The van der Waals surface area contributed by atoms with Crippen molar-refractivity contribution in [2.75, 3.05) is 19.8 Å². The second-order valence-electron chi connectivity index (χ2n) is 15.0. The van der Waals surface area contributed by atoms with E-state index in [-0.39, 0.29) is 6.61 Å². The molecule has 0 bridgehead atoms. The number of hydrogen-bond acceptors (Lipinski definition) is 26. The molecule has 28 heteroatoms. The molecular formula is C39H51N3O25. The van der Waals surface area contributed by atoms with E-state index in [1.54, 1.807) is 0 Å². The minimum Gasteiger partial charge on any atom is -0.463 e. The first-order valence-electron chi connectivity index (χ1n) is 20.2. The Morgan fingerprint density at radius 2 is 1.07 bits per heavy atom. The van der Waals surface area contributed by atoms with Crippen LogP contribution in [0.1, 0.15) is 62.3 Å². The number of nitrogens with zero attached hydrogens (tertiary/aromatic N) is 3. The summed E-state index contributed by atoms with van der Waals surface area (Å²) in [4.78, 5) is 115. The maximum absolute atomic E-state index is 13.3. The van der Waals surface area contributed by atoms with Gasteiger partial charge in [0.2, 0.25) is 0 Å². The van der Waals surface area contributed by atoms with Gasteiger partial charge in [-0.25, -0.2) is 4.79 Å². The van der Waals surface area contributed by atoms with Crippen molar-refractivity contribution in [3.05, 3.63) is 23.1 Å². The summed E-state index contributed by atoms with van der Waals surface area (Å²) in [7, 11) is 0. The number of hydrogen-bond donors (Lipinski definition) is 0. The molecular weight excluding hydrogens is 910 g/mol. The third-order valence-corrected chi connectivity index (χ3v) is 9.47. The molecule has 0 radical (unpaired) electrons. The van der Waals surface area contributed by atoms with Gasteiger partial charge in [0.1, 0.15) is 44.2 Å². The molecule has 1 unspecified atom stereocenters. The van der Waals surface area contributed by atoms with Crippen LogP contribution in [0.2, 0.25) is 0 Å². The summed E-state index contributed by atoms with van der Waals surface area (Å²) in [6, 6.07) is 0. The van der Waals surface area contributed by atoms with E-state index >= 15 is 0 Å². The van der Waals surface area contributed by atoms with Gasteiger partial charge in [-0.1, -0.05) is 17.8 Å². The van der Waals surface area contributed by atoms with E-state index in [4.69, 9.17) is 75.8 Å². The lowest BCUT2D eigenvalue weighted by Gasteiger charge is -2.47. The van der Waals surface area contributed by atoms with Crippen LogP contribution in [0.25, 0.3) is 10.4 Å². The summed E-state index contributed by atoms with van der Waals surface area (Å²) in [5.74, 6) is -11.1. The van der Waals surface area contributed by atoms with Gasteiger partial charge in [0.15, 0.2) is 67.6 Å². The fourth-order valence-corrected chi connectivity index (χ4v) is 7.32. The van der Waals surface area contributed by atoms with Gasteiger partial charge >= 0.3 is 53.7 Å². The van der Waals surface area contributed by atoms with Gasteiger partial charge in [-0.05, 0) is 5.53 Å². The molecule has 0 amide bonds. The number of carbonyl (C=O) groups is 9. The van der Waals surface area contributed by atoms with Crippen LogP contribution in [-0.4, -0.2) is 172 Å². The number of azide groups is 1. The third kappa shape index (κ3) is 14.5. The largest absolute Gasteiger partial charge is 0.463 e. The molecule has 0 spiro atoms. The lowest BCUT2D eigenvalue weighted by Crippen LogP contribution is -2.66. The molecule has 0 N–H and O–H groups in total. The topological polar surface area (TPSA) is 350 Å². The van der Waals surface area contributed by atoms with E-state index in [9.17, 15) is 48.7 Å². The highest BCUT2D eigenvalue weighted by Gasteiger charge is 2.64. The Balaban J connectivity index is 1.83. The van der Waals surface area contributed by atoms with Crippen LogP contribution < -0.4 is 0 Å². The van der Waals surface area contributed by atoms with E-state index in [1.807, 2.05) is 0 Å². The van der Waals surface area contributed by atoms with E-state index in [2.05, 4.69) is 16.6 Å². The van der Waals surface area contributed by atoms with Crippen LogP contribution in [0.4, 0.5) is 0 Å². The van der Waals surface area contributed by atoms with E-state index in [0.717, 1.165) is 62.3 Å². The van der Waals surface area contributed by atoms with Crippen molar-refractivity contribution in [1.82, 2.24) is 0 Å². The Hall–Kier alpha value is -6.00. The van der Waals surface area contributed by atoms with Crippen molar-refractivity contribution in [3.8, 4) is 0 Å². The van der Waals surface area contributed by atoms with Crippen molar-refractivity contribution in [2.45, 2.75) is 160 Å². The number of ether oxygens (including phenoxy) is 16. The molecule has 4 rings (SSSR count). The molecule has 0 aromatic heterocycles. The van der Waals surface area contributed by atoms with Crippen molar-refractivity contribution >= 4 is 53.7 Å². The second-order valence-corrected chi connectivity index (χ2v) is 15.0. The molecule has 67 heavy (non-hydrogen) atoms. The number of fused-ring (bicyclic) bond motifs is 1. The zero-order valence-electron chi connectivity index (χ0n) is 37.6. The fraction of sp³-hybridized carbons (Fsp3) is 0.718. The van der Waals surface area contributed by atoms with Crippen molar-refractivity contribution in [2.24, 2.45) is 5.11 Å². The van der Waals surface area contributed by atoms with E-state index in [1.165, 1.54) is 6.08 Å². The van der Waals surface area contributed by atoms with Gasteiger partial charge in [-0.2, -0.15) is 0 Å². The molecule has 4 aliphatic rings. The number of rotatable bonds is 18. The van der Waals surface area contributed by atoms with Crippen LogP contribution in [-0.2, 0) is 119 Å². The summed E-state index contributed by atoms with van der Waals surface area (Å²) in [6.45, 7) is 11.0. The van der Waals surface area contributed by atoms with Gasteiger partial charge in [0, 0.05) is 67.2 Å². The molecule has 0 aromatic rings. The molecule has 0 aliphatic carbocycles. The second kappa shape index (κ2) is 23.6. The van der Waals surface area contributed by atoms with Gasteiger partial charge in [-0.15, -0.1) is 0 Å². The molecule has 372 valence electrons. The van der Waals surface area contributed by atoms with Crippen molar-refractivity contribution in [3.63, 3.8) is 0 Å². The summed E-state index contributed by atoms with van der Waals surface area (Å²) in [5.41, 5.74) is 9.42. The standard InChI is InChI=1S/C39H51N3O25/c1-11-12-52-36(51)32-29(58-20(7)48)30(31(59-21(8)49)35(63-32)41-42-40)65-39(10)66-34-28(57-19(6)47)26(24(14-54-16(3)44)62-38(34)67-39)64-37-33(60-22(9)50)27(56-18(5)46)25(55-17(4)45)23(61-37)13-53-15(2)43/h11,23-35,37-38H,1,12-14H2,2-10H3/t23-,24-,25+,26-,27+,28+,29+,30+,31-,32+,33-,34-,35-,37+,38-,39?/m1/s1. The van der Waals surface area contributed by atoms with Crippen LogP contribution in [0.15, 0.2) is 17.8 Å². The number of carbonyl (C=O) groups excluding carboxylic acids is 9. The first-order chi connectivity index (χ1) is 31.5. The first kappa shape index (κ1) is 53.6. The Morgan fingerprint density at radius 3 is 1.60 bits per heavy atom. The highest BCUT2D eigenvalue weighted by atomic mass is 17.0. The smallest absolute Gasteiger partial charge is 0.339 e. The zero-order chi connectivity index (χ0) is 49.9. The van der Waals surface area contributed by atoms with Crippen molar-refractivity contribution < 1.29 is 119 Å². The number of esters is 9. The molecule has 4 heterocycles. The van der Waals surface area contributed by atoms with Crippen LogP contribution in [0, 0.1) is 0 Å². The minimum atomic E-state index is -2.47. The Morgan fingerprint density at radius 1 is 0.582 bits per heavy atom. The quantitative estimate of drug-likeness (QED) is 0.0428. The molecule has 0 aromatic carbocycles.